The van der Waals surface area contributed by atoms with Crippen molar-refractivity contribution in [2.45, 2.75) is 38.8 Å². The fraction of sp³-hybridized carbons (Fsp3) is 0.435. The van der Waals surface area contributed by atoms with Gasteiger partial charge in [0.2, 0.25) is 0 Å². The summed E-state index contributed by atoms with van der Waals surface area (Å²) in [6.45, 7) is 5.22. The number of likely N-dealkylation sites (tertiary alicyclic amines) is 1. The van der Waals surface area contributed by atoms with Crippen molar-refractivity contribution in [3.8, 4) is 5.75 Å². The van der Waals surface area contributed by atoms with Crippen molar-refractivity contribution < 1.29 is 4.74 Å². The average molecular weight is 428 g/mol. The van der Waals surface area contributed by atoms with Crippen LogP contribution in [0.4, 0.5) is 0 Å². The summed E-state index contributed by atoms with van der Waals surface area (Å²) in [5.74, 6) is 2.56. The molecule has 0 aliphatic carbocycles. The van der Waals surface area contributed by atoms with E-state index in [1.54, 1.807) is 7.11 Å². The third-order valence-electron chi connectivity index (χ3n) is 5.87. The number of ether oxygens (including phenoxy) is 1. The first-order valence-electron chi connectivity index (χ1n) is 10.4. The van der Waals surface area contributed by atoms with Gasteiger partial charge < -0.3 is 4.74 Å². The molecular weight excluding hydrogens is 398 g/mol. The predicted molar refractivity (Wildman–Crippen MR) is 120 cm³/mol. The van der Waals surface area contributed by atoms with Crippen LogP contribution in [0.1, 0.15) is 42.8 Å². The largest absolute Gasteiger partial charge is 0.497 e. The highest BCUT2D eigenvalue weighted by molar-refractivity contribution is 5.85. The normalized spacial score (nSPS) is 16.1. The van der Waals surface area contributed by atoms with Crippen LogP contribution in [0.2, 0.25) is 0 Å². The summed E-state index contributed by atoms with van der Waals surface area (Å²) in [6.07, 6.45) is 3.32. The van der Waals surface area contributed by atoms with Crippen molar-refractivity contribution in [1.29, 1.82) is 0 Å². The number of methoxy groups -OCH3 is 1. The molecule has 0 amide bonds. The van der Waals surface area contributed by atoms with Crippen LogP contribution in [0, 0.1) is 5.92 Å². The van der Waals surface area contributed by atoms with Gasteiger partial charge in [0.25, 0.3) is 0 Å². The van der Waals surface area contributed by atoms with Gasteiger partial charge in [-0.15, -0.1) is 17.5 Å². The molecule has 3 aromatic rings. The molecule has 0 spiro atoms. The number of halogens is 1. The Bertz CT molecular complexity index is 891. The van der Waals surface area contributed by atoms with Gasteiger partial charge in [-0.2, -0.15) is 0 Å². The molecule has 1 saturated heterocycles. The van der Waals surface area contributed by atoms with Crippen molar-refractivity contribution >= 4 is 12.4 Å². The number of aryl methyl sites for hydroxylation is 2. The molecule has 2 aromatic carbocycles. The molecule has 1 aliphatic rings. The molecule has 1 aliphatic heterocycles. The SMILES string of the molecule is COc1ccc(C(c2nnnn2CCc2ccccc2)N2CCC(C)CC2)cc1.Cl. The van der Waals surface area contributed by atoms with E-state index in [-0.39, 0.29) is 18.4 Å². The predicted octanol–water partition coefficient (Wildman–Crippen LogP) is 4.17. The minimum Gasteiger partial charge on any atom is -0.497 e. The molecule has 1 aromatic heterocycles. The lowest BCUT2D eigenvalue weighted by Gasteiger charge is -2.36. The lowest BCUT2D eigenvalue weighted by atomic mass is 9.95. The fourth-order valence-electron chi connectivity index (χ4n) is 4.04. The van der Waals surface area contributed by atoms with Crippen LogP contribution in [0.3, 0.4) is 0 Å². The van der Waals surface area contributed by atoms with Gasteiger partial charge in [-0.25, -0.2) is 4.68 Å². The van der Waals surface area contributed by atoms with Gasteiger partial charge in [0.05, 0.1) is 13.2 Å². The maximum Gasteiger partial charge on any atom is 0.173 e. The van der Waals surface area contributed by atoms with E-state index in [9.17, 15) is 0 Å². The van der Waals surface area contributed by atoms with Crippen LogP contribution in [-0.4, -0.2) is 45.3 Å². The number of nitrogens with zero attached hydrogens (tertiary/aromatic N) is 5. The van der Waals surface area contributed by atoms with Crippen molar-refractivity contribution in [3.63, 3.8) is 0 Å². The highest BCUT2D eigenvalue weighted by Crippen LogP contribution is 2.32. The van der Waals surface area contributed by atoms with E-state index in [4.69, 9.17) is 4.74 Å². The number of aromatic nitrogens is 4. The van der Waals surface area contributed by atoms with Gasteiger partial charge in [-0.3, -0.25) is 4.90 Å². The molecule has 0 radical (unpaired) electrons. The van der Waals surface area contributed by atoms with Crippen molar-refractivity contribution in [2.75, 3.05) is 20.2 Å². The van der Waals surface area contributed by atoms with E-state index in [2.05, 4.69) is 63.7 Å². The number of tetrazole rings is 1. The van der Waals surface area contributed by atoms with Gasteiger partial charge in [-0.1, -0.05) is 49.4 Å². The number of benzene rings is 2. The Labute approximate surface area is 184 Å². The highest BCUT2D eigenvalue weighted by atomic mass is 35.5. The van der Waals surface area contributed by atoms with Crippen LogP contribution in [0.25, 0.3) is 0 Å². The minimum absolute atomic E-state index is 0. The maximum absolute atomic E-state index is 5.35. The topological polar surface area (TPSA) is 56.1 Å². The molecule has 30 heavy (non-hydrogen) atoms. The standard InChI is InChI=1S/C23H29N5O.ClH/c1-18-12-15-27(16-13-18)22(20-8-10-21(29-2)11-9-20)23-24-25-26-28(23)17-14-19-6-4-3-5-7-19;/h3-11,18,22H,12-17H2,1-2H3;1H. The zero-order valence-electron chi connectivity index (χ0n) is 17.6. The maximum atomic E-state index is 5.35. The first kappa shape index (κ1) is 22.2. The summed E-state index contributed by atoms with van der Waals surface area (Å²) in [5, 5.41) is 12.8. The second-order valence-electron chi connectivity index (χ2n) is 7.89. The molecule has 1 fully saturated rings. The summed E-state index contributed by atoms with van der Waals surface area (Å²) < 4.78 is 7.32. The van der Waals surface area contributed by atoms with Crippen molar-refractivity contribution in [2.24, 2.45) is 5.92 Å². The van der Waals surface area contributed by atoms with Gasteiger partial charge in [0, 0.05) is 6.54 Å². The van der Waals surface area contributed by atoms with E-state index in [1.807, 2.05) is 22.9 Å². The molecule has 4 rings (SSSR count). The molecule has 7 heteroatoms. The van der Waals surface area contributed by atoms with Gasteiger partial charge in [0.15, 0.2) is 5.82 Å². The van der Waals surface area contributed by atoms with E-state index < -0.39 is 0 Å². The van der Waals surface area contributed by atoms with E-state index >= 15 is 0 Å². The number of hydrogen-bond donors (Lipinski definition) is 0. The smallest absolute Gasteiger partial charge is 0.173 e. The lowest BCUT2D eigenvalue weighted by Crippen LogP contribution is -2.38. The second kappa shape index (κ2) is 10.5. The zero-order chi connectivity index (χ0) is 20.1. The van der Waals surface area contributed by atoms with Crippen molar-refractivity contribution in [1.82, 2.24) is 25.1 Å². The van der Waals surface area contributed by atoms with Gasteiger partial charge in [0.1, 0.15) is 5.75 Å². The molecule has 2 heterocycles. The Kier molecular flexibility index (Phi) is 7.82. The Morgan fingerprint density at radius 3 is 2.40 bits per heavy atom. The summed E-state index contributed by atoms with van der Waals surface area (Å²) in [7, 11) is 1.70. The molecule has 6 nitrogen and oxygen atoms in total. The molecular formula is C23H30ClN5O. The molecule has 0 bridgehead atoms. The average Bonchev–Trinajstić information content (AvgIpc) is 3.23. The zero-order valence-corrected chi connectivity index (χ0v) is 18.5. The fourth-order valence-corrected chi connectivity index (χ4v) is 4.04. The Morgan fingerprint density at radius 2 is 1.73 bits per heavy atom. The Hall–Kier alpha value is -2.44. The highest BCUT2D eigenvalue weighted by Gasteiger charge is 2.30. The number of hydrogen-bond acceptors (Lipinski definition) is 5. The third-order valence-corrected chi connectivity index (χ3v) is 5.87. The number of rotatable bonds is 7. The molecule has 160 valence electrons. The summed E-state index contributed by atoms with van der Waals surface area (Å²) in [4.78, 5) is 2.52. The quantitative estimate of drug-likeness (QED) is 0.566. The first-order chi connectivity index (χ1) is 14.2. The van der Waals surface area contributed by atoms with Crippen LogP contribution >= 0.6 is 12.4 Å². The van der Waals surface area contributed by atoms with Crippen LogP contribution < -0.4 is 4.74 Å². The summed E-state index contributed by atoms with van der Waals surface area (Å²) in [5.41, 5.74) is 2.50. The van der Waals surface area contributed by atoms with E-state index in [0.717, 1.165) is 43.5 Å². The molecule has 0 N–H and O–H groups in total. The van der Waals surface area contributed by atoms with E-state index in [1.165, 1.54) is 24.0 Å². The van der Waals surface area contributed by atoms with Gasteiger partial charge in [-0.05, 0) is 72.0 Å². The summed E-state index contributed by atoms with van der Waals surface area (Å²) in [6, 6.07) is 18.9. The van der Waals surface area contributed by atoms with E-state index in [0.29, 0.717) is 0 Å². The van der Waals surface area contributed by atoms with Crippen LogP contribution in [0.5, 0.6) is 5.75 Å². The first-order valence-corrected chi connectivity index (χ1v) is 10.4. The molecule has 1 atom stereocenters. The van der Waals surface area contributed by atoms with Crippen LogP contribution in [-0.2, 0) is 13.0 Å². The van der Waals surface area contributed by atoms with Gasteiger partial charge >= 0.3 is 0 Å². The van der Waals surface area contributed by atoms with Crippen molar-refractivity contribution in [3.05, 3.63) is 71.5 Å². The molecule has 0 saturated carbocycles. The number of piperidine rings is 1. The van der Waals surface area contributed by atoms with Crippen LogP contribution in [0.15, 0.2) is 54.6 Å². The summed E-state index contributed by atoms with van der Waals surface area (Å²) >= 11 is 0. The minimum atomic E-state index is 0. The third kappa shape index (κ3) is 5.18. The Morgan fingerprint density at radius 1 is 1.03 bits per heavy atom. The Balaban J connectivity index is 0.00000256. The monoisotopic (exact) mass is 427 g/mol. The second-order valence-corrected chi connectivity index (χ2v) is 7.89. The lowest BCUT2D eigenvalue weighted by molar-refractivity contribution is 0.150. The molecule has 1 unspecified atom stereocenters.